The van der Waals surface area contributed by atoms with Crippen molar-refractivity contribution in [2.45, 2.75) is 78.7 Å². The van der Waals surface area contributed by atoms with Gasteiger partial charge in [-0.1, -0.05) is 40.0 Å². The molecule has 0 aliphatic heterocycles. The van der Waals surface area contributed by atoms with Crippen LogP contribution in [0, 0.1) is 5.41 Å². The van der Waals surface area contributed by atoms with Gasteiger partial charge >= 0.3 is 0 Å². The zero-order chi connectivity index (χ0) is 22.6. The summed E-state index contributed by atoms with van der Waals surface area (Å²) >= 11 is 0. The van der Waals surface area contributed by atoms with Crippen molar-refractivity contribution in [3.8, 4) is 5.75 Å². The topological polar surface area (TPSA) is 51.5 Å². The number of carbonyl (C=O) groups excluding carboxylic acids is 1. The van der Waals surface area contributed by atoms with Crippen molar-refractivity contribution < 1.29 is 9.53 Å². The van der Waals surface area contributed by atoms with Crippen LogP contribution < -0.4 is 10.3 Å². The molecule has 0 spiro atoms. The fourth-order valence-corrected chi connectivity index (χ4v) is 4.53. The Bertz CT molecular complexity index is 965. The summed E-state index contributed by atoms with van der Waals surface area (Å²) in [5.41, 5.74) is 1.77. The zero-order valence-corrected chi connectivity index (χ0v) is 19.9. The minimum atomic E-state index is -0.0205. The number of rotatable bonds is 7. The smallest absolute Gasteiger partial charge is 0.255 e. The SMILES string of the molecule is CCN(CCC(C)(C)C)C(=O)Cn1c(=O)c(C2CCCCC2)cc2ccc(OC)cc21. The van der Waals surface area contributed by atoms with E-state index in [2.05, 4.69) is 20.8 Å². The number of carbonyl (C=O) groups is 1. The molecule has 0 bridgehead atoms. The molecule has 1 fully saturated rings. The van der Waals surface area contributed by atoms with Gasteiger partial charge in [-0.2, -0.15) is 0 Å². The predicted octanol–water partition coefficient (Wildman–Crippen LogP) is 5.34. The van der Waals surface area contributed by atoms with Gasteiger partial charge in [0.1, 0.15) is 12.3 Å². The maximum atomic E-state index is 13.6. The molecule has 170 valence electrons. The van der Waals surface area contributed by atoms with E-state index >= 15 is 0 Å². The van der Waals surface area contributed by atoms with Gasteiger partial charge in [0.05, 0.1) is 12.6 Å². The fourth-order valence-electron chi connectivity index (χ4n) is 4.53. The third-order valence-electron chi connectivity index (χ3n) is 6.54. The molecule has 1 heterocycles. The van der Waals surface area contributed by atoms with Crippen molar-refractivity contribution in [2.75, 3.05) is 20.2 Å². The molecule has 0 saturated heterocycles. The van der Waals surface area contributed by atoms with Crippen molar-refractivity contribution >= 4 is 16.8 Å². The van der Waals surface area contributed by atoms with Crippen LogP contribution in [0.4, 0.5) is 0 Å². The van der Waals surface area contributed by atoms with Gasteiger partial charge in [0, 0.05) is 24.7 Å². The van der Waals surface area contributed by atoms with E-state index in [-0.39, 0.29) is 29.3 Å². The highest BCUT2D eigenvalue weighted by Gasteiger charge is 2.23. The number of likely N-dealkylation sites (N-methyl/N-ethyl adjacent to an activating group) is 1. The van der Waals surface area contributed by atoms with Crippen LogP contribution in [-0.4, -0.2) is 35.6 Å². The number of fused-ring (bicyclic) bond motifs is 1. The number of ether oxygens (including phenoxy) is 1. The first-order valence-electron chi connectivity index (χ1n) is 11.7. The van der Waals surface area contributed by atoms with Gasteiger partial charge in [-0.05, 0) is 61.1 Å². The molecule has 0 radical (unpaired) electrons. The van der Waals surface area contributed by atoms with Crippen molar-refractivity contribution in [2.24, 2.45) is 5.41 Å². The lowest BCUT2D eigenvalue weighted by molar-refractivity contribution is -0.131. The summed E-state index contributed by atoms with van der Waals surface area (Å²) in [4.78, 5) is 28.7. The zero-order valence-electron chi connectivity index (χ0n) is 19.9. The Morgan fingerprint density at radius 2 is 1.87 bits per heavy atom. The van der Waals surface area contributed by atoms with Crippen LogP contribution in [0.25, 0.3) is 10.9 Å². The summed E-state index contributed by atoms with van der Waals surface area (Å²) in [6.07, 6.45) is 6.61. The lowest BCUT2D eigenvalue weighted by atomic mass is 9.84. The summed E-state index contributed by atoms with van der Waals surface area (Å²) < 4.78 is 7.09. The molecule has 0 unspecified atom stereocenters. The van der Waals surface area contributed by atoms with Crippen LogP contribution in [0.15, 0.2) is 29.1 Å². The average Bonchev–Trinajstić information content (AvgIpc) is 2.75. The molecule has 5 nitrogen and oxygen atoms in total. The number of hydrogen-bond donors (Lipinski definition) is 0. The molecular formula is C26H38N2O3. The molecule has 0 N–H and O–H groups in total. The summed E-state index contributed by atoms with van der Waals surface area (Å²) in [7, 11) is 1.62. The second-order valence-corrected chi connectivity index (χ2v) is 10.0. The van der Waals surface area contributed by atoms with Gasteiger partial charge in [-0.3, -0.25) is 14.2 Å². The molecule has 1 saturated carbocycles. The van der Waals surface area contributed by atoms with Crippen molar-refractivity contribution in [3.05, 3.63) is 40.2 Å². The Morgan fingerprint density at radius 3 is 2.48 bits per heavy atom. The Labute approximate surface area is 186 Å². The van der Waals surface area contributed by atoms with E-state index in [1.165, 1.54) is 19.3 Å². The number of nitrogens with zero attached hydrogens (tertiary/aromatic N) is 2. The van der Waals surface area contributed by atoms with E-state index in [0.717, 1.165) is 35.7 Å². The van der Waals surface area contributed by atoms with Gasteiger partial charge in [-0.15, -0.1) is 0 Å². The first-order valence-corrected chi connectivity index (χ1v) is 11.7. The standard InChI is InChI=1S/C26H38N2O3/c1-6-27(15-14-26(2,3)4)24(29)18-28-23-17-21(31-5)13-12-20(23)16-22(25(28)30)19-10-8-7-9-11-19/h12-13,16-17,19H,6-11,14-15,18H2,1-5H3. The molecule has 2 aromatic rings. The molecule has 1 amide bonds. The monoisotopic (exact) mass is 426 g/mol. The van der Waals surface area contributed by atoms with E-state index in [9.17, 15) is 9.59 Å². The second-order valence-electron chi connectivity index (χ2n) is 10.0. The molecule has 0 atom stereocenters. The maximum Gasteiger partial charge on any atom is 0.255 e. The lowest BCUT2D eigenvalue weighted by Gasteiger charge is -2.27. The lowest BCUT2D eigenvalue weighted by Crippen LogP contribution is -2.39. The minimum Gasteiger partial charge on any atom is -0.497 e. The molecule has 1 aromatic heterocycles. The fraction of sp³-hybridized carbons (Fsp3) is 0.615. The van der Waals surface area contributed by atoms with Crippen LogP contribution in [0.1, 0.15) is 77.7 Å². The van der Waals surface area contributed by atoms with E-state index in [4.69, 9.17) is 4.74 Å². The summed E-state index contributed by atoms with van der Waals surface area (Å²) in [6, 6.07) is 7.84. The van der Waals surface area contributed by atoms with Gasteiger partial charge < -0.3 is 9.64 Å². The quantitative estimate of drug-likeness (QED) is 0.600. The van der Waals surface area contributed by atoms with Crippen LogP contribution in [-0.2, 0) is 11.3 Å². The molecule has 31 heavy (non-hydrogen) atoms. The number of hydrogen-bond acceptors (Lipinski definition) is 3. The highest BCUT2D eigenvalue weighted by molar-refractivity contribution is 5.84. The first-order chi connectivity index (χ1) is 14.7. The Hall–Kier alpha value is -2.30. The highest BCUT2D eigenvalue weighted by atomic mass is 16.5. The van der Waals surface area contributed by atoms with E-state index in [1.54, 1.807) is 11.7 Å². The Morgan fingerprint density at radius 1 is 1.16 bits per heavy atom. The average molecular weight is 427 g/mol. The van der Waals surface area contributed by atoms with Crippen molar-refractivity contribution in [1.82, 2.24) is 9.47 Å². The van der Waals surface area contributed by atoms with Gasteiger partial charge in [0.2, 0.25) is 5.91 Å². The maximum absolute atomic E-state index is 13.6. The van der Waals surface area contributed by atoms with Crippen LogP contribution in [0.5, 0.6) is 5.75 Å². The predicted molar refractivity (Wildman–Crippen MR) is 127 cm³/mol. The summed E-state index contributed by atoms with van der Waals surface area (Å²) in [5, 5.41) is 0.992. The minimum absolute atomic E-state index is 0.00114. The van der Waals surface area contributed by atoms with Crippen LogP contribution >= 0.6 is 0 Å². The second kappa shape index (κ2) is 9.88. The number of amides is 1. The normalized spacial score (nSPS) is 15.3. The van der Waals surface area contributed by atoms with Gasteiger partial charge in [-0.25, -0.2) is 0 Å². The van der Waals surface area contributed by atoms with Crippen molar-refractivity contribution in [3.63, 3.8) is 0 Å². The molecule has 1 aliphatic carbocycles. The van der Waals surface area contributed by atoms with Gasteiger partial charge in [0.15, 0.2) is 0 Å². The molecule has 1 aromatic carbocycles. The summed E-state index contributed by atoms with van der Waals surface area (Å²) in [5.74, 6) is 0.981. The number of benzene rings is 1. The van der Waals surface area contributed by atoms with E-state index < -0.39 is 0 Å². The van der Waals surface area contributed by atoms with Gasteiger partial charge in [0.25, 0.3) is 5.56 Å². The van der Waals surface area contributed by atoms with Crippen molar-refractivity contribution in [1.29, 1.82) is 0 Å². The number of methoxy groups -OCH3 is 1. The van der Waals surface area contributed by atoms with E-state index in [0.29, 0.717) is 18.8 Å². The number of pyridine rings is 1. The van der Waals surface area contributed by atoms with Crippen LogP contribution in [0.2, 0.25) is 0 Å². The highest BCUT2D eigenvalue weighted by Crippen LogP contribution is 2.32. The summed E-state index contributed by atoms with van der Waals surface area (Å²) in [6.45, 7) is 9.98. The van der Waals surface area contributed by atoms with E-state index in [1.807, 2.05) is 36.1 Å². The van der Waals surface area contributed by atoms with Crippen LogP contribution in [0.3, 0.4) is 0 Å². The Kier molecular flexibility index (Phi) is 7.45. The Balaban J connectivity index is 2.00. The molecular weight excluding hydrogens is 388 g/mol. The molecule has 5 heteroatoms. The largest absolute Gasteiger partial charge is 0.497 e. The third-order valence-corrected chi connectivity index (χ3v) is 6.54. The molecule has 1 aliphatic rings. The molecule has 3 rings (SSSR count). The first kappa shape index (κ1) is 23.4. The number of aromatic nitrogens is 1. The third kappa shape index (κ3) is 5.69.